The quantitative estimate of drug-likeness (QED) is 0.610. The van der Waals surface area contributed by atoms with E-state index in [4.69, 9.17) is 16.7 Å². The lowest BCUT2D eigenvalue weighted by molar-refractivity contribution is -0.385. The average molecular weight is 337 g/mol. The van der Waals surface area contributed by atoms with Crippen molar-refractivity contribution in [3.63, 3.8) is 0 Å². The van der Waals surface area contributed by atoms with Gasteiger partial charge >= 0.3 is 0 Å². The number of aliphatic hydroxyl groups excluding tert-OH is 1. The maximum atomic E-state index is 12.3. The van der Waals surface area contributed by atoms with Crippen molar-refractivity contribution in [2.45, 2.75) is 37.6 Å². The highest BCUT2D eigenvalue weighted by molar-refractivity contribution is 7.89. The number of nitrogens with zero attached hydrogens (tertiary/aromatic N) is 1. The number of hydrogen-bond donors (Lipinski definition) is 2. The largest absolute Gasteiger partial charge is 0.396 e. The molecular weight excluding hydrogens is 320 g/mol. The van der Waals surface area contributed by atoms with E-state index in [9.17, 15) is 18.5 Å². The van der Waals surface area contributed by atoms with Gasteiger partial charge in [-0.05, 0) is 33.3 Å². The number of halogens is 1. The molecule has 0 amide bonds. The van der Waals surface area contributed by atoms with E-state index in [-0.39, 0.29) is 34.2 Å². The first-order valence-corrected chi connectivity index (χ1v) is 7.95. The molecular formula is C12H17ClN2O5S. The Morgan fingerprint density at radius 2 is 2.00 bits per heavy atom. The van der Waals surface area contributed by atoms with Gasteiger partial charge in [0, 0.05) is 23.8 Å². The minimum absolute atomic E-state index is 0.00420. The van der Waals surface area contributed by atoms with Gasteiger partial charge in [0.05, 0.1) is 14.8 Å². The number of benzene rings is 1. The predicted octanol–water partition coefficient (Wildman–Crippen LogP) is 2.00. The molecule has 21 heavy (non-hydrogen) atoms. The van der Waals surface area contributed by atoms with Gasteiger partial charge in [0.15, 0.2) is 0 Å². The molecule has 0 heterocycles. The summed E-state index contributed by atoms with van der Waals surface area (Å²) in [5, 5.41) is 19.9. The number of rotatable bonds is 6. The Labute approximate surface area is 128 Å². The Hall–Kier alpha value is -1.22. The van der Waals surface area contributed by atoms with Crippen molar-refractivity contribution in [3.8, 4) is 0 Å². The lowest BCUT2D eigenvalue weighted by Gasteiger charge is -2.25. The van der Waals surface area contributed by atoms with E-state index in [2.05, 4.69) is 4.72 Å². The Morgan fingerprint density at radius 1 is 1.43 bits per heavy atom. The van der Waals surface area contributed by atoms with Gasteiger partial charge in [0.25, 0.3) is 5.69 Å². The van der Waals surface area contributed by atoms with Crippen LogP contribution in [0.2, 0.25) is 5.02 Å². The van der Waals surface area contributed by atoms with Crippen molar-refractivity contribution < 1.29 is 18.4 Å². The van der Waals surface area contributed by atoms with Gasteiger partial charge in [0.2, 0.25) is 10.0 Å². The summed E-state index contributed by atoms with van der Waals surface area (Å²) in [6.07, 6.45) is 0.202. The number of sulfonamides is 1. The lowest BCUT2D eigenvalue weighted by atomic mass is 10.0. The molecule has 0 radical (unpaired) electrons. The first kappa shape index (κ1) is 17.8. The van der Waals surface area contributed by atoms with E-state index in [1.54, 1.807) is 13.8 Å². The van der Waals surface area contributed by atoms with Crippen LogP contribution in [0.4, 0.5) is 5.69 Å². The molecule has 0 aliphatic rings. The van der Waals surface area contributed by atoms with Crippen LogP contribution in [0.1, 0.15) is 25.8 Å². The Morgan fingerprint density at radius 3 is 2.48 bits per heavy atom. The first-order valence-electron chi connectivity index (χ1n) is 6.09. The highest BCUT2D eigenvalue weighted by Gasteiger charge is 2.28. The summed E-state index contributed by atoms with van der Waals surface area (Å²) in [5.41, 5.74) is -1.04. The number of nitrogens with one attached hydrogen (secondary N) is 1. The minimum atomic E-state index is -3.99. The van der Waals surface area contributed by atoms with Gasteiger partial charge in [0.1, 0.15) is 0 Å². The molecule has 0 aliphatic carbocycles. The van der Waals surface area contributed by atoms with Crippen molar-refractivity contribution in [2.75, 3.05) is 6.61 Å². The second kappa shape index (κ2) is 6.27. The summed E-state index contributed by atoms with van der Waals surface area (Å²) in [5.74, 6) is 0. The van der Waals surface area contributed by atoms with E-state index >= 15 is 0 Å². The molecule has 0 unspecified atom stereocenters. The second-order valence-electron chi connectivity index (χ2n) is 5.27. The number of hydrogen-bond acceptors (Lipinski definition) is 5. The Kier molecular flexibility index (Phi) is 5.32. The average Bonchev–Trinajstić information content (AvgIpc) is 2.30. The summed E-state index contributed by atoms with van der Waals surface area (Å²) in [7, 11) is -3.99. The van der Waals surface area contributed by atoms with E-state index < -0.39 is 20.5 Å². The zero-order chi connectivity index (χ0) is 16.4. The van der Waals surface area contributed by atoms with Crippen LogP contribution in [0.3, 0.4) is 0 Å². The number of nitro groups is 1. The van der Waals surface area contributed by atoms with Crippen LogP contribution in [0, 0.1) is 17.0 Å². The van der Waals surface area contributed by atoms with Crippen LogP contribution < -0.4 is 4.72 Å². The molecule has 0 aliphatic heterocycles. The molecule has 118 valence electrons. The summed E-state index contributed by atoms with van der Waals surface area (Å²) < 4.78 is 27.0. The maximum Gasteiger partial charge on any atom is 0.275 e. The molecule has 1 rings (SSSR count). The van der Waals surface area contributed by atoms with Crippen molar-refractivity contribution in [3.05, 3.63) is 32.8 Å². The van der Waals surface area contributed by atoms with Gasteiger partial charge in [-0.1, -0.05) is 11.6 Å². The zero-order valence-corrected chi connectivity index (χ0v) is 13.5. The van der Waals surface area contributed by atoms with E-state index in [1.165, 1.54) is 13.0 Å². The summed E-state index contributed by atoms with van der Waals surface area (Å²) in [6, 6.07) is 2.14. The standard InChI is InChI=1S/C12H17ClN2O5S/c1-8-10(13)6-9(7-11(8)15(17)18)21(19,20)14-12(2,3)4-5-16/h6-7,14,16H,4-5H2,1-3H3. The number of aliphatic hydroxyl groups is 1. The van der Waals surface area contributed by atoms with E-state index in [0.29, 0.717) is 0 Å². The van der Waals surface area contributed by atoms with Gasteiger partial charge in [-0.2, -0.15) is 0 Å². The van der Waals surface area contributed by atoms with Gasteiger partial charge in [-0.3, -0.25) is 10.1 Å². The summed E-state index contributed by atoms with van der Waals surface area (Å²) in [4.78, 5) is 9.98. The Bertz CT molecular complexity index is 658. The monoisotopic (exact) mass is 336 g/mol. The molecule has 0 aromatic heterocycles. The number of nitro benzene ring substituents is 1. The minimum Gasteiger partial charge on any atom is -0.396 e. The molecule has 0 atom stereocenters. The fraction of sp³-hybridized carbons (Fsp3) is 0.500. The zero-order valence-electron chi connectivity index (χ0n) is 11.9. The first-order chi connectivity index (χ1) is 9.50. The van der Waals surface area contributed by atoms with Crippen molar-refractivity contribution >= 4 is 27.3 Å². The highest BCUT2D eigenvalue weighted by atomic mass is 35.5. The maximum absolute atomic E-state index is 12.3. The van der Waals surface area contributed by atoms with Gasteiger partial charge in [-0.15, -0.1) is 0 Å². The molecule has 0 saturated carbocycles. The SMILES string of the molecule is Cc1c(Cl)cc(S(=O)(=O)NC(C)(C)CCO)cc1[N+](=O)[O-]. The fourth-order valence-electron chi connectivity index (χ4n) is 1.74. The van der Waals surface area contributed by atoms with Crippen LogP contribution in [0.5, 0.6) is 0 Å². The van der Waals surface area contributed by atoms with E-state index in [0.717, 1.165) is 6.07 Å². The highest BCUT2D eigenvalue weighted by Crippen LogP contribution is 2.30. The fourth-order valence-corrected chi connectivity index (χ4v) is 3.50. The molecule has 0 saturated heterocycles. The topological polar surface area (TPSA) is 110 Å². The van der Waals surface area contributed by atoms with Crippen LogP contribution in [-0.4, -0.2) is 30.6 Å². The van der Waals surface area contributed by atoms with Crippen molar-refractivity contribution in [1.29, 1.82) is 0 Å². The Balaban J connectivity index is 3.30. The molecule has 1 aromatic rings. The van der Waals surface area contributed by atoms with Gasteiger partial charge in [-0.25, -0.2) is 13.1 Å². The third-order valence-corrected chi connectivity index (χ3v) is 5.02. The third kappa shape index (κ3) is 4.37. The van der Waals surface area contributed by atoms with Crippen LogP contribution in [-0.2, 0) is 10.0 Å². The van der Waals surface area contributed by atoms with Crippen molar-refractivity contribution in [2.24, 2.45) is 0 Å². The smallest absolute Gasteiger partial charge is 0.275 e. The van der Waals surface area contributed by atoms with Crippen LogP contribution in [0.15, 0.2) is 17.0 Å². The molecule has 0 spiro atoms. The molecule has 9 heteroatoms. The van der Waals surface area contributed by atoms with E-state index in [1.807, 2.05) is 0 Å². The molecule has 7 nitrogen and oxygen atoms in total. The lowest BCUT2D eigenvalue weighted by Crippen LogP contribution is -2.43. The third-order valence-electron chi connectivity index (χ3n) is 2.94. The normalized spacial score (nSPS) is 12.4. The summed E-state index contributed by atoms with van der Waals surface area (Å²) in [6.45, 7) is 4.46. The second-order valence-corrected chi connectivity index (χ2v) is 7.36. The summed E-state index contributed by atoms with van der Waals surface area (Å²) >= 11 is 5.86. The molecule has 1 aromatic carbocycles. The molecule has 0 fully saturated rings. The van der Waals surface area contributed by atoms with Crippen LogP contribution >= 0.6 is 11.6 Å². The van der Waals surface area contributed by atoms with Crippen molar-refractivity contribution in [1.82, 2.24) is 4.72 Å². The van der Waals surface area contributed by atoms with Crippen LogP contribution in [0.25, 0.3) is 0 Å². The van der Waals surface area contributed by atoms with Gasteiger partial charge < -0.3 is 5.11 Å². The predicted molar refractivity (Wildman–Crippen MR) is 78.9 cm³/mol. The molecule has 0 bridgehead atoms. The molecule has 2 N–H and O–H groups in total.